The summed E-state index contributed by atoms with van der Waals surface area (Å²) in [6.45, 7) is 5.65. The van der Waals surface area contributed by atoms with Gasteiger partial charge in [-0.1, -0.05) is 30.3 Å². The van der Waals surface area contributed by atoms with Crippen molar-refractivity contribution in [2.45, 2.75) is 39.7 Å². The van der Waals surface area contributed by atoms with Gasteiger partial charge < -0.3 is 19.8 Å². The lowest BCUT2D eigenvalue weighted by Crippen LogP contribution is -2.27. The van der Waals surface area contributed by atoms with E-state index in [1.165, 1.54) is 10.1 Å². The lowest BCUT2D eigenvalue weighted by Gasteiger charge is -2.13. The van der Waals surface area contributed by atoms with Crippen LogP contribution in [0.2, 0.25) is 0 Å². The third kappa shape index (κ3) is 5.97. The molecule has 1 aromatic heterocycles. The quantitative estimate of drug-likeness (QED) is 0.427. The Morgan fingerprint density at radius 3 is 2.47 bits per heavy atom. The zero-order chi connectivity index (χ0) is 22.9. The van der Waals surface area contributed by atoms with Crippen LogP contribution in [-0.4, -0.2) is 35.2 Å². The third-order valence-corrected chi connectivity index (χ3v) is 5.33. The molecule has 0 aliphatic carbocycles. The standard InChI is InChI=1S/C24H29N3O4S/c1-3-30-20-15-18-19(16-21(20)31-4-2)26-24(32)27(23(18)29)14-8-11-22(28)25-13-12-17-9-6-5-7-10-17/h5-7,9-10,15-16H,3-4,8,11-14H2,1-2H3,(H,25,28)(H,26,32). The van der Waals surface area contributed by atoms with Crippen LogP contribution in [0.5, 0.6) is 11.5 Å². The molecular weight excluding hydrogens is 426 g/mol. The average molecular weight is 456 g/mol. The second kappa shape index (κ2) is 11.5. The van der Waals surface area contributed by atoms with E-state index in [9.17, 15) is 9.59 Å². The molecule has 0 aliphatic rings. The van der Waals surface area contributed by atoms with E-state index in [-0.39, 0.29) is 11.5 Å². The number of nitrogens with zero attached hydrogens (tertiary/aromatic N) is 1. The summed E-state index contributed by atoms with van der Waals surface area (Å²) >= 11 is 5.40. The van der Waals surface area contributed by atoms with Crippen molar-refractivity contribution < 1.29 is 14.3 Å². The van der Waals surface area contributed by atoms with Crippen LogP contribution >= 0.6 is 12.2 Å². The van der Waals surface area contributed by atoms with E-state index >= 15 is 0 Å². The fraction of sp³-hybridized carbons (Fsp3) is 0.375. The molecule has 3 aromatic rings. The number of nitrogens with one attached hydrogen (secondary N) is 2. The van der Waals surface area contributed by atoms with Crippen LogP contribution in [0.4, 0.5) is 0 Å². The molecule has 0 saturated carbocycles. The van der Waals surface area contributed by atoms with Crippen LogP contribution < -0.4 is 20.3 Å². The highest BCUT2D eigenvalue weighted by molar-refractivity contribution is 7.71. The largest absolute Gasteiger partial charge is 0.490 e. The van der Waals surface area contributed by atoms with Crippen molar-refractivity contribution in [3.05, 3.63) is 63.2 Å². The number of aromatic nitrogens is 2. The molecule has 1 heterocycles. The summed E-state index contributed by atoms with van der Waals surface area (Å²) in [4.78, 5) is 28.3. The molecule has 0 bridgehead atoms. The van der Waals surface area contributed by atoms with E-state index in [4.69, 9.17) is 21.7 Å². The molecule has 0 atom stereocenters. The predicted molar refractivity (Wildman–Crippen MR) is 128 cm³/mol. The highest BCUT2D eigenvalue weighted by Crippen LogP contribution is 2.30. The maximum atomic E-state index is 13.1. The van der Waals surface area contributed by atoms with E-state index in [1.54, 1.807) is 12.1 Å². The SMILES string of the molecule is CCOc1cc2[nH]c(=S)n(CCCC(=O)NCCc3ccccc3)c(=O)c2cc1OCC. The summed E-state index contributed by atoms with van der Waals surface area (Å²) in [5, 5.41) is 3.40. The summed E-state index contributed by atoms with van der Waals surface area (Å²) in [7, 11) is 0. The molecule has 8 heteroatoms. The van der Waals surface area contributed by atoms with Gasteiger partial charge in [-0.2, -0.15) is 0 Å². The van der Waals surface area contributed by atoms with E-state index < -0.39 is 0 Å². The van der Waals surface area contributed by atoms with Gasteiger partial charge in [0.2, 0.25) is 5.91 Å². The molecule has 0 aliphatic heterocycles. The minimum absolute atomic E-state index is 0.0374. The van der Waals surface area contributed by atoms with Gasteiger partial charge in [-0.05, 0) is 50.5 Å². The van der Waals surface area contributed by atoms with Crippen molar-refractivity contribution >= 4 is 29.0 Å². The molecule has 0 saturated heterocycles. The third-order valence-electron chi connectivity index (χ3n) is 5.01. The summed E-state index contributed by atoms with van der Waals surface area (Å²) in [6, 6.07) is 13.4. The van der Waals surface area contributed by atoms with Gasteiger partial charge in [0.25, 0.3) is 5.56 Å². The molecule has 1 amide bonds. The van der Waals surface area contributed by atoms with Gasteiger partial charge in [0.1, 0.15) is 0 Å². The molecular formula is C24H29N3O4S. The van der Waals surface area contributed by atoms with Crippen molar-refractivity contribution in [3.63, 3.8) is 0 Å². The molecule has 2 aromatic carbocycles. The number of carbonyl (C=O) groups excluding carboxylic acids is 1. The lowest BCUT2D eigenvalue weighted by atomic mass is 10.1. The molecule has 3 rings (SSSR count). The second-order valence-corrected chi connectivity index (χ2v) is 7.67. The Balaban J connectivity index is 1.65. The van der Waals surface area contributed by atoms with Gasteiger partial charge >= 0.3 is 0 Å². The number of H-pyrrole nitrogens is 1. The number of fused-ring (bicyclic) bond motifs is 1. The first-order chi connectivity index (χ1) is 15.5. The second-order valence-electron chi connectivity index (χ2n) is 7.29. The number of amides is 1. The van der Waals surface area contributed by atoms with Crippen molar-refractivity contribution in [1.82, 2.24) is 14.9 Å². The Morgan fingerprint density at radius 1 is 1.09 bits per heavy atom. The number of carbonyl (C=O) groups is 1. The molecule has 170 valence electrons. The fourth-order valence-electron chi connectivity index (χ4n) is 3.48. The van der Waals surface area contributed by atoms with Crippen LogP contribution in [0.15, 0.2) is 47.3 Å². The smallest absolute Gasteiger partial charge is 0.262 e. The highest BCUT2D eigenvalue weighted by Gasteiger charge is 2.13. The molecule has 0 radical (unpaired) electrons. The van der Waals surface area contributed by atoms with Crippen molar-refractivity contribution in [2.24, 2.45) is 0 Å². The van der Waals surface area contributed by atoms with Crippen molar-refractivity contribution in [3.8, 4) is 11.5 Å². The number of hydrogen-bond donors (Lipinski definition) is 2. The van der Waals surface area contributed by atoms with Crippen LogP contribution in [0.1, 0.15) is 32.3 Å². The zero-order valence-corrected chi connectivity index (χ0v) is 19.3. The summed E-state index contributed by atoms with van der Waals surface area (Å²) < 4.78 is 13.1. The minimum atomic E-state index is -0.211. The summed E-state index contributed by atoms with van der Waals surface area (Å²) in [6.07, 6.45) is 1.62. The Morgan fingerprint density at radius 2 is 1.78 bits per heavy atom. The number of benzene rings is 2. The Hall–Kier alpha value is -3.13. The summed E-state index contributed by atoms with van der Waals surface area (Å²) in [5.74, 6) is 1.05. The number of aromatic amines is 1. The number of hydrogen-bond acceptors (Lipinski definition) is 5. The first kappa shape index (κ1) is 23.5. The van der Waals surface area contributed by atoms with Crippen LogP contribution in [0, 0.1) is 4.77 Å². The monoisotopic (exact) mass is 455 g/mol. The average Bonchev–Trinajstić information content (AvgIpc) is 2.78. The molecule has 0 spiro atoms. The normalized spacial score (nSPS) is 10.8. The molecule has 0 fully saturated rings. The number of rotatable bonds is 11. The predicted octanol–water partition coefficient (Wildman–Crippen LogP) is 4.00. The summed E-state index contributed by atoms with van der Waals surface area (Å²) in [5.41, 5.74) is 1.57. The topological polar surface area (TPSA) is 85.4 Å². The van der Waals surface area contributed by atoms with E-state index in [2.05, 4.69) is 10.3 Å². The Kier molecular flexibility index (Phi) is 8.44. The van der Waals surface area contributed by atoms with Crippen LogP contribution in [0.25, 0.3) is 10.9 Å². The Bertz CT molecular complexity index is 1170. The molecule has 32 heavy (non-hydrogen) atoms. The first-order valence-electron chi connectivity index (χ1n) is 10.9. The van der Waals surface area contributed by atoms with Crippen LogP contribution in [0.3, 0.4) is 0 Å². The fourth-order valence-corrected chi connectivity index (χ4v) is 3.76. The van der Waals surface area contributed by atoms with Gasteiger partial charge in [0, 0.05) is 25.6 Å². The lowest BCUT2D eigenvalue weighted by molar-refractivity contribution is -0.121. The minimum Gasteiger partial charge on any atom is -0.490 e. The van der Waals surface area contributed by atoms with Gasteiger partial charge in [-0.15, -0.1) is 0 Å². The van der Waals surface area contributed by atoms with Gasteiger partial charge in [0.15, 0.2) is 16.3 Å². The van der Waals surface area contributed by atoms with Crippen molar-refractivity contribution in [1.29, 1.82) is 0 Å². The zero-order valence-electron chi connectivity index (χ0n) is 18.5. The van der Waals surface area contributed by atoms with E-state index in [1.807, 2.05) is 44.2 Å². The van der Waals surface area contributed by atoms with Gasteiger partial charge in [0.05, 0.1) is 24.1 Å². The maximum absolute atomic E-state index is 13.1. The molecule has 0 unspecified atom stereocenters. The van der Waals surface area contributed by atoms with Crippen LogP contribution in [-0.2, 0) is 17.8 Å². The Labute approximate surface area is 192 Å². The number of ether oxygens (including phenoxy) is 2. The van der Waals surface area contributed by atoms with E-state index in [0.29, 0.717) is 66.3 Å². The molecule has 7 nitrogen and oxygen atoms in total. The van der Waals surface area contributed by atoms with E-state index in [0.717, 1.165) is 6.42 Å². The van der Waals surface area contributed by atoms with Gasteiger partial charge in [-0.25, -0.2) is 0 Å². The van der Waals surface area contributed by atoms with Gasteiger partial charge in [-0.3, -0.25) is 14.2 Å². The molecule has 2 N–H and O–H groups in total. The highest BCUT2D eigenvalue weighted by atomic mass is 32.1. The maximum Gasteiger partial charge on any atom is 0.262 e. The van der Waals surface area contributed by atoms with Crippen molar-refractivity contribution in [2.75, 3.05) is 19.8 Å². The first-order valence-corrected chi connectivity index (χ1v) is 11.3.